The Labute approximate surface area is 95.9 Å². The maximum Gasteiger partial charge on any atom is 0.168 e. The average molecular weight is 219 g/mol. The molecule has 0 spiro atoms. The standard InChI is InChI=1S/C12H17N3O/c1-14-5-7-15(8-6-14)9-11-3-2-4-13-12(11)10-16/h2-4,10H,5-9H2,1H3. The van der Waals surface area contributed by atoms with Crippen LogP contribution in [0.3, 0.4) is 0 Å². The number of likely N-dealkylation sites (N-methyl/N-ethyl adjacent to an activating group) is 1. The second-order valence-corrected chi connectivity index (χ2v) is 4.25. The number of hydrogen-bond donors (Lipinski definition) is 0. The fraction of sp³-hybridized carbons (Fsp3) is 0.500. The van der Waals surface area contributed by atoms with Gasteiger partial charge in [0, 0.05) is 38.9 Å². The normalized spacial score (nSPS) is 18.6. The van der Waals surface area contributed by atoms with Gasteiger partial charge in [-0.1, -0.05) is 6.07 Å². The molecular weight excluding hydrogens is 202 g/mol. The highest BCUT2D eigenvalue weighted by molar-refractivity contribution is 5.73. The number of hydrogen-bond acceptors (Lipinski definition) is 4. The number of piperazine rings is 1. The third kappa shape index (κ3) is 2.65. The van der Waals surface area contributed by atoms with Crippen molar-refractivity contribution in [1.29, 1.82) is 0 Å². The molecule has 0 bridgehead atoms. The molecule has 2 rings (SSSR count). The van der Waals surface area contributed by atoms with E-state index in [1.807, 2.05) is 12.1 Å². The van der Waals surface area contributed by atoms with E-state index in [1.165, 1.54) is 0 Å². The first-order chi connectivity index (χ1) is 7.79. The highest BCUT2D eigenvalue weighted by Gasteiger charge is 2.15. The van der Waals surface area contributed by atoms with E-state index in [1.54, 1.807) is 6.20 Å². The summed E-state index contributed by atoms with van der Waals surface area (Å²) in [4.78, 5) is 19.6. The first kappa shape index (κ1) is 11.2. The largest absolute Gasteiger partial charge is 0.304 e. The summed E-state index contributed by atoms with van der Waals surface area (Å²) in [6, 6.07) is 3.87. The fourth-order valence-electron chi connectivity index (χ4n) is 1.94. The van der Waals surface area contributed by atoms with Crippen molar-refractivity contribution in [2.75, 3.05) is 33.2 Å². The number of aromatic nitrogens is 1. The topological polar surface area (TPSA) is 36.4 Å². The van der Waals surface area contributed by atoms with Gasteiger partial charge in [0.2, 0.25) is 0 Å². The van der Waals surface area contributed by atoms with Gasteiger partial charge in [-0.2, -0.15) is 0 Å². The predicted molar refractivity (Wildman–Crippen MR) is 62.4 cm³/mol. The third-order valence-corrected chi connectivity index (χ3v) is 3.03. The fourth-order valence-corrected chi connectivity index (χ4v) is 1.94. The molecule has 0 unspecified atom stereocenters. The first-order valence-corrected chi connectivity index (χ1v) is 5.59. The summed E-state index contributed by atoms with van der Waals surface area (Å²) >= 11 is 0. The Balaban J connectivity index is 2.00. The molecule has 1 fully saturated rings. The lowest BCUT2D eigenvalue weighted by atomic mass is 10.2. The molecule has 0 aromatic carbocycles. The molecule has 0 N–H and O–H groups in total. The van der Waals surface area contributed by atoms with Crippen molar-refractivity contribution >= 4 is 6.29 Å². The third-order valence-electron chi connectivity index (χ3n) is 3.03. The molecule has 0 aliphatic carbocycles. The molecule has 4 heteroatoms. The average Bonchev–Trinajstić information content (AvgIpc) is 2.33. The zero-order chi connectivity index (χ0) is 11.4. The van der Waals surface area contributed by atoms with Crippen LogP contribution in [-0.4, -0.2) is 54.3 Å². The summed E-state index contributed by atoms with van der Waals surface area (Å²) in [6.45, 7) is 5.14. The van der Waals surface area contributed by atoms with Gasteiger partial charge >= 0.3 is 0 Å². The quantitative estimate of drug-likeness (QED) is 0.699. The smallest absolute Gasteiger partial charge is 0.168 e. The minimum absolute atomic E-state index is 0.571. The monoisotopic (exact) mass is 219 g/mol. The Morgan fingerprint density at radius 2 is 2.12 bits per heavy atom. The number of carbonyl (C=O) groups is 1. The number of carbonyl (C=O) groups excluding carboxylic acids is 1. The summed E-state index contributed by atoms with van der Waals surface area (Å²) < 4.78 is 0. The minimum atomic E-state index is 0.571. The van der Waals surface area contributed by atoms with Gasteiger partial charge in [0.25, 0.3) is 0 Å². The highest BCUT2D eigenvalue weighted by atomic mass is 16.1. The maximum absolute atomic E-state index is 10.8. The van der Waals surface area contributed by atoms with Crippen LogP contribution < -0.4 is 0 Å². The predicted octanol–water partition coefficient (Wildman–Crippen LogP) is 0.641. The van der Waals surface area contributed by atoms with Gasteiger partial charge in [-0.05, 0) is 18.7 Å². The molecule has 1 aliphatic heterocycles. The number of aldehydes is 1. The molecular formula is C12H17N3O. The van der Waals surface area contributed by atoms with Crippen molar-refractivity contribution in [2.45, 2.75) is 6.54 Å². The van der Waals surface area contributed by atoms with Gasteiger partial charge in [0.05, 0.1) is 0 Å². The lowest BCUT2D eigenvalue weighted by Gasteiger charge is -2.32. The van der Waals surface area contributed by atoms with Crippen molar-refractivity contribution in [2.24, 2.45) is 0 Å². The maximum atomic E-state index is 10.8. The zero-order valence-electron chi connectivity index (χ0n) is 9.59. The van der Waals surface area contributed by atoms with E-state index in [0.717, 1.165) is 44.6 Å². The van der Waals surface area contributed by atoms with Crippen LogP contribution >= 0.6 is 0 Å². The minimum Gasteiger partial charge on any atom is -0.304 e. The first-order valence-electron chi connectivity index (χ1n) is 5.59. The molecule has 1 aliphatic rings. The van der Waals surface area contributed by atoms with Crippen LogP contribution in [0.25, 0.3) is 0 Å². The Bertz CT molecular complexity index is 359. The van der Waals surface area contributed by atoms with E-state index in [-0.39, 0.29) is 0 Å². The molecule has 16 heavy (non-hydrogen) atoms. The number of pyridine rings is 1. The molecule has 1 saturated heterocycles. The van der Waals surface area contributed by atoms with Crippen LogP contribution in [0.5, 0.6) is 0 Å². The molecule has 86 valence electrons. The van der Waals surface area contributed by atoms with Crippen molar-refractivity contribution in [3.63, 3.8) is 0 Å². The van der Waals surface area contributed by atoms with Crippen LogP contribution in [0.15, 0.2) is 18.3 Å². The van der Waals surface area contributed by atoms with Crippen molar-refractivity contribution < 1.29 is 4.79 Å². The molecule has 0 amide bonds. The zero-order valence-corrected chi connectivity index (χ0v) is 9.59. The van der Waals surface area contributed by atoms with E-state index in [0.29, 0.717) is 5.69 Å². The second-order valence-electron chi connectivity index (χ2n) is 4.25. The number of nitrogens with zero attached hydrogens (tertiary/aromatic N) is 3. The van der Waals surface area contributed by atoms with Crippen molar-refractivity contribution in [3.8, 4) is 0 Å². The van der Waals surface area contributed by atoms with E-state index in [4.69, 9.17) is 0 Å². The van der Waals surface area contributed by atoms with Gasteiger partial charge in [-0.25, -0.2) is 0 Å². The van der Waals surface area contributed by atoms with Gasteiger partial charge in [0.15, 0.2) is 6.29 Å². The Hall–Kier alpha value is -1.26. The van der Waals surface area contributed by atoms with Crippen LogP contribution in [0, 0.1) is 0 Å². The lowest BCUT2D eigenvalue weighted by molar-refractivity contribution is 0.111. The molecule has 0 atom stereocenters. The summed E-state index contributed by atoms with van der Waals surface area (Å²) in [5.41, 5.74) is 1.60. The van der Waals surface area contributed by atoms with E-state index >= 15 is 0 Å². The summed E-state index contributed by atoms with van der Waals surface area (Å²) in [5.74, 6) is 0. The lowest BCUT2D eigenvalue weighted by Crippen LogP contribution is -2.44. The molecule has 1 aromatic rings. The second kappa shape index (κ2) is 5.18. The molecule has 0 radical (unpaired) electrons. The van der Waals surface area contributed by atoms with Crippen LogP contribution in [0.1, 0.15) is 16.1 Å². The molecule has 1 aromatic heterocycles. The summed E-state index contributed by atoms with van der Waals surface area (Å²) in [6.07, 6.45) is 2.50. The van der Waals surface area contributed by atoms with Crippen molar-refractivity contribution in [3.05, 3.63) is 29.6 Å². The Morgan fingerprint density at radius 3 is 2.81 bits per heavy atom. The van der Waals surface area contributed by atoms with E-state index in [2.05, 4.69) is 21.8 Å². The molecule has 0 saturated carbocycles. The summed E-state index contributed by atoms with van der Waals surface area (Å²) in [7, 11) is 2.14. The molecule has 2 heterocycles. The Morgan fingerprint density at radius 1 is 1.38 bits per heavy atom. The Kier molecular flexibility index (Phi) is 3.64. The highest BCUT2D eigenvalue weighted by Crippen LogP contribution is 2.09. The van der Waals surface area contributed by atoms with Crippen LogP contribution in [-0.2, 0) is 6.54 Å². The van der Waals surface area contributed by atoms with Gasteiger partial charge in [-0.15, -0.1) is 0 Å². The van der Waals surface area contributed by atoms with Gasteiger partial charge in [0.1, 0.15) is 5.69 Å². The molecule has 4 nitrogen and oxygen atoms in total. The van der Waals surface area contributed by atoms with Crippen LogP contribution in [0.2, 0.25) is 0 Å². The van der Waals surface area contributed by atoms with Crippen molar-refractivity contribution in [1.82, 2.24) is 14.8 Å². The van der Waals surface area contributed by atoms with Gasteiger partial charge in [-0.3, -0.25) is 14.7 Å². The van der Waals surface area contributed by atoms with E-state index < -0.39 is 0 Å². The summed E-state index contributed by atoms with van der Waals surface area (Å²) in [5, 5.41) is 0. The SMILES string of the molecule is CN1CCN(Cc2cccnc2C=O)CC1. The van der Waals surface area contributed by atoms with E-state index in [9.17, 15) is 4.79 Å². The number of rotatable bonds is 3. The van der Waals surface area contributed by atoms with Crippen LogP contribution in [0.4, 0.5) is 0 Å². The van der Waals surface area contributed by atoms with Gasteiger partial charge < -0.3 is 4.90 Å².